The van der Waals surface area contributed by atoms with E-state index in [4.69, 9.17) is 23.2 Å². The molecule has 0 aliphatic rings. The monoisotopic (exact) mass is 367 g/mol. The van der Waals surface area contributed by atoms with Crippen LogP contribution in [0, 0.1) is 0 Å². The van der Waals surface area contributed by atoms with Crippen molar-refractivity contribution in [1.29, 1.82) is 0 Å². The minimum atomic E-state index is -0.443. The molecule has 0 spiro atoms. The van der Waals surface area contributed by atoms with Crippen molar-refractivity contribution >= 4 is 40.7 Å². The Morgan fingerprint density at radius 2 is 1.79 bits per heavy atom. The molecule has 2 amide bonds. The lowest BCUT2D eigenvalue weighted by atomic mass is 10.3. The van der Waals surface area contributed by atoms with Gasteiger partial charge in [0.15, 0.2) is 0 Å². The molecule has 24 heavy (non-hydrogen) atoms. The highest BCUT2D eigenvalue weighted by molar-refractivity contribution is 6.39. The first-order valence-corrected chi connectivity index (χ1v) is 7.77. The highest BCUT2D eigenvalue weighted by atomic mass is 35.5. The highest BCUT2D eigenvalue weighted by Crippen LogP contribution is 2.29. The number of likely N-dealkylation sites (N-methyl/N-ethyl adjacent to an activating group) is 1. The van der Waals surface area contributed by atoms with Gasteiger partial charge in [-0.05, 0) is 18.2 Å². The number of nitrogens with one attached hydrogen (secondary N) is 1. The van der Waals surface area contributed by atoms with Crippen LogP contribution in [-0.2, 0) is 16.1 Å². The average Bonchev–Trinajstić information content (AvgIpc) is 2.53. The maximum absolute atomic E-state index is 12.1. The Balaban J connectivity index is 1.97. The summed E-state index contributed by atoms with van der Waals surface area (Å²) < 4.78 is 1.27. The van der Waals surface area contributed by atoms with E-state index in [9.17, 15) is 14.4 Å². The number of aromatic nitrogens is 1. The van der Waals surface area contributed by atoms with Crippen LogP contribution in [0.2, 0.25) is 10.0 Å². The summed E-state index contributed by atoms with van der Waals surface area (Å²) >= 11 is 12.0. The Labute approximate surface area is 148 Å². The molecule has 0 aliphatic carbocycles. The predicted molar refractivity (Wildman–Crippen MR) is 93.4 cm³/mol. The van der Waals surface area contributed by atoms with Gasteiger partial charge < -0.3 is 14.8 Å². The summed E-state index contributed by atoms with van der Waals surface area (Å²) in [7, 11) is 1.48. The van der Waals surface area contributed by atoms with Crippen LogP contribution >= 0.6 is 23.2 Å². The van der Waals surface area contributed by atoms with Gasteiger partial charge in [-0.15, -0.1) is 0 Å². The number of amides is 2. The number of pyridine rings is 1. The number of benzene rings is 1. The number of carbonyl (C=O) groups excluding carboxylic acids is 2. The zero-order valence-corrected chi connectivity index (χ0v) is 14.3. The molecule has 0 unspecified atom stereocenters. The molecule has 0 bridgehead atoms. The molecule has 0 fully saturated rings. The van der Waals surface area contributed by atoms with E-state index in [2.05, 4.69) is 5.32 Å². The summed E-state index contributed by atoms with van der Waals surface area (Å²) in [5.74, 6) is -0.815. The molecule has 1 heterocycles. The van der Waals surface area contributed by atoms with Crippen molar-refractivity contribution < 1.29 is 9.59 Å². The normalized spacial score (nSPS) is 10.3. The maximum Gasteiger partial charge on any atom is 0.250 e. The summed E-state index contributed by atoms with van der Waals surface area (Å²) in [5, 5.41) is 3.19. The molecule has 2 aromatic rings. The Bertz CT molecular complexity index is 800. The second-order valence-electron chi connectivity index (χ2n) is 5.06. The minimum Gasteiger partial charge on any atom is -0.335 e. The van der Waals surface area contributed by atoms with E-state index in [0.717, 1.165) is 0 Å². The largest absolute Gasteiger partial charge is 0.335 e. The molecule has 1 aromatic heterocycles. The van der Waals surface area contributed by atoms with Crippen molar-refractivity contribution in [2.75, 3.05) is 18.9 Å². The Hall–Kier alpha value is -2.31. The van der Waals surface area contributed by atoms with Crippen molar-refractivity contribution in [3.63, 3.8) is 0 Å². The lowest BCUT2D eigenvalue weighted by molar-refractivity contribution is -0.133. The summed E-state index contributed by atoms with van der Waals surface area (Å²) in [6.45, 7) is -0.335. The zero-order valence-electron chi connectivity index (χ0n) is 12.8. The predicted octanol–water partition coefficient (Wildman–Crippen LogP) is 2.25. The minimum absolute atomic E-state index is 0.143. The Kier molecular flexibility index (Phi) is 6.00. The fraction of sp³-hybridized carbons (Fsp3) is 0.188. The summed E-state index contributed by atoms with van der Waals surface area (Å²) in [5.41, 5.74) is 0.0116. The highest BCUT2D eigenvalue weighted by Gasteiger charge is 2.15. The van der Waals surface area contributed by atoms with Gasteiger partial charge in [0, 0.05) is 19.3 Å². The first-order chi connectivity index (χ1) is 11.4. The van der Waals surface area contributed by atoms with Crippen LogP contribution in [0.15, 0.2) is 47.4 Å². The van der Waals surface area contributed by atoms with Crippen LogP contribution in [0.1, 0.15) is 0 Å². The number of nitrogens with zero attached hydrogens (tertiary/aromatic N) is 2. The number of hydrogen-bond donors (Lipinski definition) is 1. The van der Waals surface area contributed by atoms with E-state index < -0.39 is 5.91 Å². The zero-order chi connectivity index (χ0) is 17.7. The van der Waals surface area contributed by atoms with Gasteiger partial charge in [-0.25, -0.2) is 0 Å². The first kappa shape index (κ1) is 18.0. The summed E-state index contributed by atoms with van der Waals surface area (Å²) in [6, 6.07) is 9.46. The van der Waals surface area contributed by atoms with Crippen molar-refractivity contribution in [2.24, 2.45) is 0 Å². The van der Waals surface area contributed by atoms with Gasteiger partial charge in [-0.3, -0.25) is 14.4 Å². The van der Waals surface area contributed by atoms with E-state index in [1.54, 1.807) is 30.3 Å². The van der Waals surface area contributed by atoms with Gasteiger partial charge in [0.1, 0.15) is 6.54 Å². The number of halogens is 2. The van der Waals surface area contributed by atoms with Crippen molar-refractivity contribution in [1.82, 2.24) is 9.47 Å². The molecule has 2 rings (SSSR count). The molecular weight excluding hydrogens is 353 g/mol. The average molecular weight is 368 g/mol. The third-order valence-electron chi connectivity index (χ3n) is 3.24. The van der Waals surface area contributed by atoms with Crippen LogP contribution < -0.4 is 10.9 Å². The maximum atomic E-state index is 12.1. The van der Waals surface area contributed by atoms with Crippen LogP contribution in [0.4, 0.5) is 5.69 Å². The molecule has 0 saturated carbocycles. The standard InChI is InChI=1S/C16H15Cl2N3O3/c1-20(15(24)10-21-8-3-2-7-14(21)23)9-13(22)19-16-11(17)5-4-6-12(16)18/h2-8H,9-10H2,1H3,(H,19,22). The van der Waals surface area contributed by atoms with Crippen LogP contribution in [-0.4, -0.2) is 34.9 Å². The van der Waals surface area contributed by atoms with Crippen LogP contribution in [0.25, 0.3) is 0 Å². The Morgan fingerprint density at radius 3 is 2.42 bits per heavy atom. The topological polar surface area (TPSA) is 71.4 Å². The molecule has 1 aromatic carbocycles. The molecule has 0 aliphatic heterocycles. The lowest BCUT2D eigenvalue weighted by Crippen LogP contribution is -2.38. The summed E-state index contributed by atoms with van der Waals surface area (Å²) in [4.78, 5) is 37.0. The van der Waals surface area contributed by atoms with E-state index in [-0.39, 0.29) is 24.6 Å². The van der Waals surface area contributed by atoms with E-state index >= 15 is 0 Å². The third kappa shape index (κ3) is 4.59. The molecule has 0 saturated heterocycles. The third-order valence-corrected chi connectivity index (χ3v) is 3.87. The van der Waals surface area contributed by atoms with Gasteiger partial charge in [-0.2, -0.15) is 0 Å². The van der Waals surface area contributed by atoms with Crippen LogP contribution in [0.3, 0.4) is 0 Å². The van der Waals surface area contributed by atoms with Crippen LogP contribution in [0.5, 0.6) is 0 Å². The number of rotatable bonds is 5. The molecule has 1 N–H and O–H groups in total. The number of anilines is 1. The second kappa shape index (κ2) is 7.99. The Morgan fingerprint density at radius 1 is 1.12 bits per heavy atom. The number of carbonyl (C=O) groups is 2. The molecule has 126 valence electrons. The smallest absolute Gasteiger partial charge is 0.250 e. The second-order valence-corrected chi connectivity index (χ2v) is 5.88. The van der Waals surface area contributed by atoms with Gasteiger partial charge in [0.25, 0.3) is 5.56 Å². The van der Waals surface area contributed by atoms with Crippen molar-refractivity contribution in [2.45, 2.75) is 6.54 Å². The molecule has 0 atom stereocenters. The molecular formula is C16H15Cl2N3O3. The van der Waals surface area contributed by atoms with Gasteiger partial charge in [0.05, 0.1) is 22.3 Å². The molecule has 0 radical (unpaired) electrons. The lowest BCUT2D eigenvalue weighted by Gasteiger charge is -2.18. The quantitative estimate of drug-likeness (QED) is 0.880. The summed E-state index contributed by atoms with van der Waals surface area (Å²) in [6.07, 6.45) is 1.51. The van der Waals surface area contributed by atoms with E-state index in [1.807, 2.05) is 0 Å². The molecule has 6 nitrogen and oxygen atoms in total. The van der Waals surface area contributed by atoms with E-state index in [0.29, 0.717) is 15.7 Å². The van der Waals surface area contributed by atoms with Crippen molar-refractivity contribution in [3.05, 3.63) is 63.0 Å². The van der Waals surface area contributed by atoms with Gasteiger partial charge in [-0.1, -0.05) is 35.3 Å². The van der Waals surface area contributed by atoms with Gasteiger partial charge in [0.2, 0.25) is 11.8 Å². The fourth-order valence-electron chi connectivity index (χ4n) is 1.96. The van der Waals surface area contributed by atoms with Gasteiger partial charge >= 0.3 is 0 Å². The number of para-hydroxylation sites is 1. The van der Waals surface area contributed by atoms with Crippen molar-refractivity contribution in [3.8, 4) is 0 Å². The fourth-order valence-corrected chi connectivity index (χ4v) is 2.45. The number of hydrogen-bond acceptors (Lipinski definition) is 3. The van der Waals surface area contributed by atoms with E-state index in [1.165, 1.54) is 28.8 Å². The SMILES string of the molecule is CN(CC(=O)Nc1c(Cl)cccc1Cl)C(=O)Cn1ccccc1=O. The first-order valence-electron chi connectivity index (χ1n) is 7.02. The molecule has 8 heteroatoms.